The minimum Gasteiger partial charge on any atom is -0.479 e. The molecule has 6 nitrogen and oxygen atoms in total. The number of fused-ring (bicyclic) bond motifs is 1. The summed E-state index contributed by atoms with van der Waals surface area (Å²) in [6.07, 6.45) is 5.19. The molecule has 1 aliphatic carbocycles. The lowest BCUT2D eigenvalue weighted by Gasteiger charge is -2.39. The normalized spacial score (nSPS) is 32.3. The van der Waals surface area contributed by atoms with Gasteiger partial charge >= 0.3 is 5.97 Å². The van der Waals surface area contributed by atoms with Crippen LogP contribution in [0.5, 0.6) is 0 Å². The zero-order valence-electron chi connectivity index (χ0n) is 11.1. The average Bonchev–Trinajstić information content (AvgIpc) is 2.72. The highest BCUT2D eigenvalue weighted by atomic mass is 16.5. The molecule has 6 heteroatoms. The van der Waals surface area contributed by atoms with Crippen LogP contribution < -0.4 is 0 Å². The van der Waals surface area contributed by atoms with Crippen molar-refractivity contribution in [2.45, 2.75) is 31.2 Å². The largest absolute Gasteiger partial charge is 0.479 e. The van der Waals surface area contributed by atoms with Gasteiger partial charge in [0, 0.05) is 26.1 Å². The van der Waals surface area contributed by atoms with Crippen molar-refractivity contribution in [3.8, 4) is 0 Å². The summed E-state index contributed by atoms with van der Waals surface area (Å²) in [5, 5.41) is 9.60. The smallest absolute Gasteiger partial charge is 0.330 e. The lowest BCUT2D eigenvalue weighted by atomic mass is 9.85. The monoisotopic (exact) mass is 279 g/mol. The second kappa shape index (κ2) is 4.70. The molecule has 20 heavy (non-hydrogen) atoms. The Hall–Kier alpha value is -1.69. The molecule has 0 aromatic rings. The maximum atomic E-state index is 12.5. The molecule has 2 heterocycles. The number of likely N-dealkylation sites (tertiary alicyclic amines) is 1. The molecule has 0 aromatic heterocycles. The number of imide groups is 1. The Morgan fingerprint density at radius 3 is 2.10 bits per heavy atom. The molecule has 0 radical (unpaired) electrons. The van der Waals surface area contributed by atoms with E-state index in [2.05, 4.69) is 0 Å². The van der Waals surface area contributed by atoms with Crippen LogP contribution in [-0.2, 0) is 19.1 Å². The third kappa shape index (κ3) is 1.71. The summed E-state index contributed by atoms with van der Waals surface area (Å²) in [6.45, 7) is 0.522. The Bertz CT molecular complexity index is 466. The first-order chi connectivity index (χ1) is 9.58. The Kier molecular flexibility index (Phi) is 3.12. The van der Waals surface area contributed by atoms with Crippen molar-refractivity contribution in [2.24, 2.45) is 11.8 Å². The third-order valence-electron chi connectivity index (χ3n) is 4.65. The number of carbonyl (C=O) groups excluding carboxylic acids is 2. The molecular weight excluding hydrogens is 262 g/mol. The van der Waals surface area contributed by atoms with Gasteiger partial charge in [0.25, 0.3) is 0 Å². The number of hydrogen-bond acceptors (Lipinski definition) is 4. The van der Waals surface area contributed by atoms with Crippen LogP contribution in [-0.4, -0.2) is 46.5 Å². The summed E-state index contributed by atoms with van der Waals surface area (Å²) in [4.78, 5) is 37.8. The lowest BCUT2D eigenvalue weighted by Crippen LogP contribution is -2.60. The average molecular weight is 279 g/mol. The lowest BCUT2D eigenvalue weighted by molar-refractivity contribution is -0.170. The molecule has 3 rings (SSSR count). The van der Waals surface area contributed by atoms with Gasteiger partial charge in [-0.3, -0.25) is 14.5 Å². The number of ether oxygens (including phenoxy) is 1. The van der Waals surface area contributed by atoms with E-state index in [4.69, 9.17) is 4.74 Å². The van der Waals surface area contributed by atoms with Gasteiger partial charge in [-0.15, -0.1) is 0 Å². The van der Waals surface area contributed by atoms with Gasteiger partial charge in [0.2, 0.25) is 11.8 Å². The number of carbonyl (C=O) groups is 3. The zero-order chi connectivity index (χ0) is 14.3. The summed E-state index contributed by atoms with van der Waals surface area (Å²) in [7, 11) is 0. The molecule has 0 unspecified atom stereocenters. The zero-order valence-corrected chi connectivity index (χ0v) is 11.1. The summed E-state index contributed by atoms with van der Waals surface area (Å²) in [5.41, 5.74) is -1.41. The van der Waals surface area contributed by atoms with Crippen molar-refractivity contribution in [3.63, 3.8) is 0 Å². The van der Waals surface area contributed by atoms with E-state index in [9.17, 15) is 19.5 Å². The van der Waals surface area contributed by atoms with E-state index in [0.29, 0.717) is 12.8 Å². The molecule has 2 atom stereocenters. The molecule has 0 bridgehead atoms. The van der Waals surface area contributed by atoms with Crippen LogP contribution in [0.1, 0.15) is 25.7 Å². The van der Waals surface area contributed by atoms with Crippen molar-refractivity contribution in [1.29, 1.82) is 0 Å². The van der Waals surface area contributed by atoms with E-state index >= 15 is 0 Å². The fraction of sp³-hybridized carbons (Fsp3) is 0.643. The van der Waals surface area contributed by atoms with Gasteiger partial charge in [-0.05, 0) is 12.8 Å². The fourth-order valence-electron chi connectivity index (χ4n) is 3.46. The highest BCUT2D eigenvalue weighted by molar-refractivity contribution is 6.09. The predicted octanol–water partition coefficient (Wildman–Crippen LogP) is 0.571. The third-order valence-corrected chi connectivity index (χ3v) is 4.65. The van der Waals surface area contributed by atoms with Gasteiger partial charge in [-0.2, -0.15) is 0 Å². The van der Waals surface area contributed by atoms with E-state index in [0.717, 1.165) is 4.90 Å². The first-order valence-corrected chi connectivity index (χ1v) is 6.92. The van der Waals surface area contributed by atoms with Crippen LogP contribution in [0.2, 0.25) is 0 Å². The van der Waals surface area contributed by atoms with E-state index in [-0.39, 0.29) is 49.7 Å². The molecule has 3 aliphatic rings. The van der Waals surface area contributed by atoms with E-state index in [1.807, 2.05) is 12.2 Å². The number of allylic oxidation sites excluding steroid dienone is 2. The first kappa shape index (κ1) is 13.3. The summed E-state index contributed by atoms with van der Waals surface area (Å²) in [6, 6.07) is 0. The highest BCUT2D eigenvalue weighted by Gasteiger charge is 2.58. The maximum absolute atomic E-state index is 12.5. The topological polar surface area (TPSA) is 83.9 Å². The SMILES string of the molecule is O=C1[C@H]2CC=CC[C@H]2C(=O)N1C1(C(=O)O)CCOCC1. The van der Waals surface area contributed by atoms with Gasteiger partial charge < -0.3 is 9.84 Å². The van der Waals surface area contributed by atoms with E-state index < -0.39 is 11.5 Å². The Morgan fingerprint density at radius 1 is 1.15 bits per heavy atom. The van der Waals surface area contributed by atoms with Crippen LogP contribution in [0.15, 0.2) is 12.2 Å². The Morgan fingerprint density at radius 2 is 1.65 bits per heavy atom. The van der Waals surface area contributed by atoms with Gasteiger partial charge in [0.1, 0.15) is 0 Å². The standard InChI is InChI=1S/C14H17NO5/c16-11-9-3-1-2-4-10(9)12(17)15(11)14(13(18)19)5-7-20-8-6-14/h1-2,9-10H,3-8H2,(H,18,19)/t9-,10+. The Labute approximate surface area is 116 Å². The summed E-state index contributed by atoms with van der Waals surface area (Å²) in [5.74, 6) is -2.52. The second-order valence-corrected chi connectivity index (χ2v) is 5.62. The molecule has 1 N–H and O–H groups in total. The van der Waals surface area contributed by atoms with Crippen molar-refractivity contribution in [1.82, 2.24) is 4.90 Å². The second-order valence-electron chi connectivity index (χ2n) is 5.62. The molecular formula is C14H17NO5. The van der Waals surface area contributed by atoms with Crippen molar-refractivity contribution < 1.29 is 24.2 Å². The van der Waals surface area contributed by atoms with Crippen LogP contribution in [0.4, 0.5) is 0 Å². The summed E-state index contributed by atoms with van der Waals surface area (Å²) < 4.78 is 5.20. The number of hydrogen-bond donors (Lipinski definition) is 1. The molecule has 2 amide bonds. The minimum atomic E-state index is -1.41. The molecule has 0 aromatic carbocycles. The number of rotatable bonds is 2. The van der Waals surface area contributed by atoms with Crippen molar-refractivity contribution >= 4 is 17.8 Å². The number of aliphatic carboxylic acids is 1. The highest BCUT2D eigenvalue weighted by Crippen LogP contribution is 2.41. The van der Waals surface area contributed by atoms with Gasteiger partial charge in [0.05, 0.1) is 11.8 Å². The number of nitrogens with zero attached hydrogens (tertiary/aromatic N) is 1. The quantitative estimate of drug-likeness (QED) is 0.590. The fourth-order valence-corrected chi connectivity index (χ4v) is 3.46. The van der Waals surface area contributed by atoms with E-state index in [1.165, 1.54) is 0 Å². The van der Waals surface area contributed by atoms with Crippen LogP contribution in [0.3, 0.4) is 0 Å². The van der Waals surface area contributed by atoms with Gasteiger partial charge in [-0.1, -0.05) is 12.2 Å². The molecule has 2 aliphatic heterocycles. The van der Waals surface area contributed by atoms with Crippen molar-refractivity contribution in [3.05, 3.63) is 12.2 Å². The Balaban J connectivity index is 1.98. The van der Waals surface area contributed by atoms with Gasteiger partial charge in [0.15, 0.2) is 5.54 Å². The van der Waals surface area contributed by atoms with Crippen LogP contribution in [0, 0.1) is 11.8 Å². The number of carboxylic acids is 1. The molecule has 0 saturated carbocycles. The minimum absolute atomic E-state index is 0.173. The number of amides is 2. The predicted molar refractivity (Wildman–Crippen MR) is 67.6 cm³/mol. The molecule has 2 fully saturated rings. The molecule has 0 spiro atoms. The summed E-state index contributed by atoms with van der Waals surface area (Å²) >= 11 is 0. The maximum Gasteiger partial charge on any atom is 0.330 e. The van der Waals surface area contributed by atoms with E-state index in [1.54, 1.807) is 0 Å². The molecule has 108 valence electrons. The van der Waals surface area contributed by atoms with Gasteiger partial charge in [-0.25, -0.2) is 4.79 Å². The van der Waals surface area contributed by atoms with Crippen LogP contribution >= 0.6 is 0 Å². The number of carboxylic acid groups (broad SMARTS) is 1. The van der Waals surface area contributed by atoms with Crippen LogP contribution in [0.25, 0.3) is 0 Å². The first-order valence-electron chi connectivity index (χ1n) is 6.92. The molecule has 2 saturated heterocycles. The van der Waals surface area contributed by atoms with Crippen molar-refractivity contribution in [2.75, 3.05) is 13.2 Å².